The Morgan fingerprint density at radius 1 is 1.22 bits per heavy atom. The lowest BCUT2D eigenvalue weighted by Crippen LogP contribution is -2.36. The molecule has 0 aliphatic carbocycles. The molecule has 122 valence electrons. The molecule has 3 rings (SSSR count). The van der Waals surface area contributed by atoms with Gasteiger partial charge in [-0.25, -0.2) is 9.97 Å². The summed E-state index contributed by atoms with van der Waals surface area (Å²) in [6, 6.07) is 6.37. The van der Waals surface area contributed by atoms with Gasteiger partial charge in [-0.1, -0.05) is 26.0 Å². The summed E-state index contributed by atoms with van der Waals surface area (Å²) in [7, 11) is 0. The normalized spacial score (nSPS) is 17.2. The lowest BCUT2D eigenvalue weighted by atomic mass is 9.86. The summed E-state index contributed by atoms with van der Waals surface area (Å²) in [6.07, 6.45) is 2.93. The average Bonchev–Trinajstić information content (AvgIpc) is 2.78. The number of aliphatic hydroxyl groups is 2. The molecule has 1 aromatic carbocycles. The molecule has 1 unspecified atom stereocenters. The van der Waals surface area contributed by atoms with Gasteiger partial charge in [0.2, 0.25) is 0 Å². The van der Waals surface area contributed by atoms with E-state index in [-0.39, 0.29) is 12.0 Å². The summed E-state index contributed by atoms with van der Waals surface area (Å²) < 4.78 is 0. The molecule has 5 heteroatoms. The third kappa shape index (κ3) is 3.07. The van der Waals surface area contributed by atoms with E-state index in [0.717, 1.165) is 29.2 Å². The first-order chi connectivity index (χ1) is 10.9. The van der Waals surface area contributed by atoms with Crippen molar-refractivity contribution >= 4 is 5.69 Å². The summed E-state index contributed by atoms with van der Waals surface area (Å²) in [5, 5.41) is 19.0. The fourth-order valence-corrected chi connectivity index (χ4v) is 3.21. The van der Waals surface area contributed by atoms with Crippen LogP contribution in [0.15, 0.2) is 30.6 Å². The van der Waals surface area contributed by atoms with E-state index >= 15 is 0 Å². The smallest absolute Gasteiger partial charge is 0.125 e. The maximum Gasteiger partial charge on any atom is 0.125 e. The lowest BCUT2D eigenvalue weighted by molar-refractivity contribution is 0.0997. The van der Waals surface area contributed by atoms with Gasteiger partial charge in [-0.3, -0.25) is 0 Å². The first kappa shape index (κ1) is 15.9. The number of benzene rings is 1. The number of hydrogen-bond acceptors (Lipinski definition) is 5. The molecule has 0 saturated heterocycles. The quantitative estimate of drug-likeness (QED) is 0.902. The molecule has 23 heavy (non-hydrogen) atoms. The minimum Gasteiger partial charge on any atom is -0.394 e. The Morgan fingerprint density at radius 2 is 1.91 bits per heavy atom. The molecule has 0 bridgehead atoms. The Kier molecular flexibility index (Phi) is 4.08. The van der Waals surface area contributed by atoms with E-state index in [0.29, 0.717) is 6.54 Å². The minimum atomic E-state index is -0.733. The number of aromatic nitrogens is 2. The molecule has 2 N–H and O–H groups in total. The summed E-state index contributed by atoms with van der Waals surface area (Å²) >= 11 is 0. The Labute approximate surface area is 136 Å². The van der Waals surface area contributed by atoms with E-state index in [1.54, 1.807) is 0 Å². The van der Waals surface area contributed by atoms with Crippen LogP contribution < -0.4 is 4.90 Å². The SMILES string of the molecule is Cc1ncc(-c2ccc3c(c2)N(CC(O)CO)CC3(C)C)cn1. The Balaban J connectivity index is 1.99. The second-order valence-corrected chi connectivity index (χ2v) is 6.85. The molecule has 0 fully saturated rings. The van der Waals surface area contributed by atoms with Gasteiger partial charge in [-0.05, 0) is 24.1 Å². The maximum absolute atomic E-state index is 9.82. The summed E-state index contributed by atoms with van der Waals surface area (Å²) in [5.41, 5.74) is 4.43. The van der Waals surface area contributed by atoms with E-state index < -0.39 is 6.10 Å². The molecule has 1 atom stereocenters. The lowest BCUT2D eigenvalue weighted by Gasteiger charge is -2.24. The maximum atomic E-state index is 9.82. The van der Waals surface area contributed by atoms with Crippen LogP contribution in [-0.4, -0.2) is 46.0 Å². The molecule has 2 aromatic rings. The molecule has 1 aliphatic rings. The van der Waals surface area contributed by atoms with Crippen LogP contribution >= 0.6 is 0 Å². The van der Waals surface area contributed by atoms with Crippen molar-refractivity contribution in [2.45, 2.75) is 32.3 Å². The van der Waals surface area contributed by atoms with Crippen molar-refractivity contribution < 1.29 is 10.2 Å². The molecule has 0 amide bonds. The number of rotatable bonds is 4. The van der Waals surface area contributed by atoms with Crippen LogP contribution in [0.5, 0.6) is 0 Å². The predicted octanol–water partition coefficient (Wildman–Crippen LogP) is 1.90. The highest BCUT2D eigenvalue weighted by atomic mass is 16.3. The molecular formula is C18H23N3O2. The monoisotopic (exact) mass is 313 g/mol. The number of β-amino-alcohol motifs (C(OH)–C–C–N with tert-alkyl or cyclic N) is 1. The van der Waals surface area contributed by atoms with Crippen LogP contribution in [0, 0.1) is 6.92 Å². The molecule has 2 heterocycles. The standard InChI is InChI=1S/C18H23N3O2/c1-12-19-7-14(8-20-12)13-4-5-16-17(6-13)21(9-15(23)10-22)11-18(16,2)3/h4-8,15,22-23H,9-11H2,1-3H3. The number of aryl methyl sites for hydroxylation is 1. The zero-order chi connectivity index (χ0) is 16.6. The van der Waals surface area contributed by atoms with Crippen LogP contribution in [0.1, 0.15) is 25.2 Å². The van der Waals surface area contributed by atoms with E-state index in [9.17, 15) is 5.11 Å². The van der Waals surface area contributed by atoms with E-state index in [2.05, 4.69) is 46.9 Å². The van der Waals surface area contributed by atoms with Crippen LogP contribution in [0.25, 0.3) is 11.1 Å². The Morgan fingerprint density at radius 3 is 2.57 bits per heavy atom. The molecule has 0 radical (unpaired) electrons. The highest BCUT2D eigenvalue weighted by molar-refractivity contribution is 5.73. The average molecular weight is 313 g/mol. The van der Waals surface area contributed by atoms with Crippen molar-refractivity contribution in [1.82, 2.24) is 9.97 Å². The fraction of sp³-hybridized carbons (Fsp3) is 0.444. The van der Waals surface area contributed by atoms with E-state index in [4.69, 9.17) is 5.11 Å². The van der Waals surface area contributed by atoms with E-state index in [1.807, 2.05) is 19.3 Å². The zero-order valence-electron chi connectivity index (χ0n) is 13.8. The first-order valence-electron chi connectivity index (χ1n) is 7.88. The molecule has 0 saturated carbocycles. The highest BCUT2D eigenvalue weighted by Crippen LogP contribution is 2.42. The van der Waals surface area contributed by atoms with Crippen molar-refractivity contribution in [3.8, 4) is 11.1 Å². The van der Waals surface area contributed by atoms with Gasteiger partial charge in [0, 0.05) is 42.1 Å². The summed E-state index contributed by atoms with van der Waals surface area (Å²) in [5.74, 6) is 0.753. The third-order valence-electron chi connectivity index (χ3n) is 4.41. The molecule has 1 aromatic heterocycles. The number of aliphatic hydroxyl groups excluding tert-OH is 2. The van der Waals surface area contributed by atoms with Gasteiger partial charge in [0.1, 0.15) is 5.82 Å². The van der Waals surface area contributed by atoms with Gasteiger partial charge in [-0.2, -0.15) is 0 Å². The van der Waals surface area contributed by atoms with Crippen molar-refractivity contribution in [3.63, 3.8) is 0 Å². The largest absolute Gasteiger partial charge is 0.394 e. The minimum absolute atomic E-state index is 0.0206. The van der Waals surface area contributed by atoms with Crippen molar-refractivity contribution in [2.75, 3.05) is 24.6 Å². The second kappa shape index (κ2) is 5.91. The van der Waals surface area contributed by atoms with Crippen LogP contribution in [0.4, 0.5) is 5.69 Å². The van der Waals surface area contributed by atoms with Crippen LogP contribution in [0.3, 0.4) is 0 Å². The van der Waals surface area contributed by atoms with Crippen LogP contribution in [-0.2, 0) is 5.41 Å². The van der Waals surface area contributed by atoms with Crippen molar-refractivity contribution in [2.24, 2.45) is 0 Å². The van der Waals surface area contributed by atoms with Gasteiger partial charge in [0.25, 0.3) is 0 Å². The summed E-state index contributed by atoms with van der Waals surface area (Å²) in [6.45, 7) is 7.30. The van der Waals surface area contributed by atoms with Gasteiger partial charge >= 0.3 is 0 Å². The molecule has 1 aliphatic heterocycles. The molecular weight excluding hydrogens is 290 g/mol. The number of anilines is 1. The first-order valence-corrected chi connectivity index (χ1v) is 7.88. The Hall–Kier alpha value is -1.98. The number of hydrogen-bond donors (Lipinski definition) is 2. The summed E-state index contributed by atoms with van der Waals surface area (Å²) in [4.78, 5) is 10.7. The molecule has 0 spiro atoms. The van der Waals surface area contributed by atoms with Gasteiger partial charge in [0.15, 0.2) is 0 Å². The molecule has 5 nitrogen and oxygen atoms in total. The van der Waals surface area contributed by atoms with Crippen molar-refractivity contribution in [1.29, 1.82) is 0 Å². The number of nitrogens with zero attached hydrogens (tertiary/aromatic N) is 3. The van der Waals surface area contributed by atoms with Crippen molar-refractivity contribution in [3.05, 3.63) is 42.0 Å². The highest BCUT2D eigenvalue weighted by Gasteiger charge is 2.35. The third-order valence-corrected chi connectivity index (χ3v) is 4.41. The number of fused-ring (bicyclic) bond motifs is 1. The topological polar surface area (TPSA) is 69.5 Å². The zero-order valence-corrected chi connectivity index (χ0v) is 13.8. The van der Waals surface area contributed by atoms with Crippen LogP contribution in [0.2, 0.25) is 0 Å². The predicted molar refractivity (Wildman–Crippen MR) is 90.5 cm³/mol. The van der Waals surface area contributed by atoms with Gasteiger partial charge in [-0.15, -0.1) is 0 Å². The van der Waals surface area contributed by atoms with E-state index in [1.165, 1.54) is 5.56 Å². The van der Waals surface area contributed by atoms with Gasteiger partial charge < -0.3 is 15.1 Å². The Bertz CT molecular complexity index is 698. The fourth-order valence-electron chi connectivity index (χ4n) is 3.21. The van der Waals surface area contributed by atoms with Gasteiger partial charge in [0.05, 0.1) is 12.7 Å². The second-order valence-electron chi connectivity index (χ2n) is 6.85.